The van der Waals surface area contributed by atoms with Gasteiger partial charge in [-0.25, -0.2) is 0 Å². The largest absolute Gasteiger partial charge is 0.505 e. The number of ether oxygens (including phenoxy) is 1. The molecule has 1 aliphatic rings. The van der Waals surface area contributed by atoms with E-state index in [1.54, 1.807) is 11.0 Å². The molecule has 6 nitrogen and oxygen atoms in total. The van der Waals surface area contributed by atoms with Crippen molar-refractivity contribution in [2.45, 2.75) is 6.10 Å². The summed E-state index contributed by atoms with van der Waals surface area (Å²) in [6.07, 6.45) is -0.370. The second-order valence-electron chi connectivity index (χ2n) is 4.17. The van der Waals surface area contributed by atoms with E-state index in [1.807, 2.05) is 0 Å². The van der Waals surface area contributed by atoms with Crippen LogP contribution in [0.15, 0.2) is 18.2 Å². The predicted octanol–water partition coefficient (Wildman–Crippen LogP) is -0.192. The van der Waals surface area contributed by atoms with Crippen molar-refractivity contribution >= 4 is 11.6 Å². The lowest BCUT2D eigenvalue weighted by Gasteiger charge is -2.32. The number of aliphatic hydroxyl groups excluding tert-OH is 1. The van der Waals surface area contributed by atoms with Gasteiger partial charge in [0.1, 0.15) is 0 Å². The summed E-state index contributed by atoms with van der Waals surface area (Å²) < 4.78 is 5.27. The number of anilines is 1. The van der Waals surface area contributed by atoms with Crippen LogP contribution in [0.3, 0.4) is 0 Å². The number of aromatic hydroxyl groups is 1. The van der Waals surface area contributed by atoms with Crippen LogP contribution in [0.25, 0.3) is 0 Å². The molecule has 1 unspecified atom stereocenters. The molecule has 0 bridgehead atoms. The lowest BCUT2D eigenvalue weighted by molar-refractivity contribution is -0.0447. The number of benzene rings is 1. The summed E-state index contributed by atoms with van der Waals surface area (Å²) >= 11 is 0. The molecule has 0 saturated carbocycles. The summed E-state index contributed by atoms with van der Waals surface area (Å²) in [5.74, 6) is -0.504. The lowest BCUT2D eigenvalue weighted by atomic mass is 10.1. The maximum absolute atomic E-state index is 12.2. The minimum atomic E-state index is -0.370. The van der Waals surface area contributed by atoms with Crippen molar-refractivity contribution in [3.8, 4) is 5.75 Å². The molecule has 18 heavy (non-hydrogen) atoms. The number of morpholine rings is 1. The van der Waals surface area contributed by atoms with E-state index in [1.165, 1.54) is 12.1 Å². The van der Waals surface area contributed by atoms with Gasteiger partial charge >= 0.3 is 0 Å². The molecule has 2 rings (SSSR count). The van der Waals surface area contributed by atoms with Crippen LogP contribution in [0.5, 0.6) is 5.75 Å². The highest BCUT2D eigenvalue weighted by molar-refractivity contribution is 5.98. The Morgan fingerprint density at radius 2 is 2.33 bits per heavy atom. The fraction of sp³-hybridized carbons (Fsp3) is 0.417. The van der Waals surface area contributed by atoms with Crippen LogP contribution in [0.2, 0.25) is 0 Å². The van der Waals surface area contributed by atoms with Crippen LogP contribution in [-0.4, -0.2) is 53.4 Å². The van der Waals surface area contributed by atoms with E-state index in [0.717, 1.165) is 0 Å². The number of phenols is 1. The van der Waals surface area contributed by atoms with E-state index in [9.17, 15) is 9.90 Å². The molecule has 4 N–H and O–H groups in total. The van der Waals surface area contributed by atoms with Crippen molar-refractivity contribution in [1.82, 2.24) is 4.90 Å². The fourth-order valence-corrected chi connectivity index (χ4v) is 1.92. The van der Waals surface area contributed by atoms with Gasteiger partial charge in [0.05, 0.1) is 30.6 Å². The Balaban J connectivity index is 2.18. The number of para-hydroxylation sites is 1. The van der Waals surface area contributed by atoms with Crippen molar-refractivity contribution in [2.75, 3.05) is 32.0 Å². The number of amides is 1. The van der Waals surface area contributed by atoms with E-state index < -0.39 is 0 Å². The third-order valence-corrected chi connectivity index (χ3v) is 2.93. The first-order valence-electron chi connectivity index (χ1n) is 5.72. The van der Waals surface area contributed by atoms with Crippen molar-refractivity contribution in [3.63, 3.8) is 0 Å². The highest BCUT2D eigenvalue weighted by Crippen LogP contribution is 2.26. The van der Waals surface area contributed by atoms with Gasteiger partial charge in [-0.3, -0.25) is 4.79 Å². The Bertz CT molecular complexity index is 450. The zero-order valence-corrected chi connectivity index (χ0v) is 9.87. The summed E-state index contributed by atoms with van der Waals surface area (Å²) in [5.41, 5.74) is 5.90. The lowest BCUT2D eigenvalue weighted by Crippen LogP contribution is -2.46. The monoisotopic (exact) mass is 252 g/mol. The standard InChI is InChI=1S/C12H16N2O4/c13-10-3-1-2-9(11(10)16)12(17)14-4-5-18-8(6-14)7-15/h1-3,8,15-16H,4-7,13H2. The molecule has 1 aromatic rings. The number of hydrogen-bond acceptors (Lipinski definition) is 5. The normalized spacial score (nSPS) is 19.8. The van der Waals surface area contributed by atoms with Gasteiger partial charge in [-0.2, -0.15) is 0 Å². The Labute approximate surface area is 105 Å². The van der Waals surface area contributed by atoms with Gasteiger partial charge in [0.25, 0.3) is 5.91 Å². The molecular formula is C12H16N2O4. The molecule has 1 aromatic carbocycles. The molecule has 98 valence electrons. The zero-order chi connectivity index (χ0) is 13.1. The third kappa shape index (κ3) is 2.39. The molecule has 1 aliphatic heterocycles. The Morgan fingerprint density at radius 1 is 1.56 bits per heavy atom. The number of phenolic OH excluding ortho intramolecular Hbond substituents is 1. The number of nitrogens with two attached hydrogens (primary N) is 1. The number of carbonyl (C=O) groups is 1. The van der Waals surface area contributed by atoms with Crippen LogP contribution in [0, 0.1) is 0 Å². The SMILES string of the molecule is Nc1cccc(C(=O)N2CCOC(CO)C2)c1O. The number of hydrogen-bond donors (Lipinski definition) is 3. The van der Waals surface area contributed by atoms with E-state index in [-0.39, 0.29) is 35.6 Å². The van der Waals surface area contributed by atoms with Gasteiger partial charge in [-0.15, -0.1) is 0 Å². The summed E-state index contributed by atoms with van der Waals surface area (Å²) in [6, 6.07) is 4.67. The number of aliphatic hydroxyl groups is 1. The molecule has 1 fully saturated rings. The Hall–Kier alpha value is -1.79. The first-order chi connectivity index (χ1) is 8.63. The van der Waals surface area contributed by atoms with Crippen molar-refractivity contribution in [3.05, 3.63) is 23.8 Å². The van der Waals surface area contributed by atoms with E-state index >= 15 is 0 Å². The average Bonchev–Trinajstić information content (AvgIpc) is 2.41. The van der Waals surface area contributed by atoms with E-state index in [0.29, 0.717) is 19.7 Å². The van der Waals surface area contributed by atoms with Gasteiger partial charge < -0.3 is 25.6 Å². The first-order valence-corrected chi connectivity index (χ1v) is 5.72. The third-order valence-electron chi connectivity index (χ3n) is 2.93. The highest BCUT2D eigenvalue weighted by Gasteiger charge is 2.26. The Morgan fingerprint density at radius 3 is 3.06 bits per heavy atom. The van der Waals surface area contributed by atoms with Crippen LogP contribution in [0.1, 0.15) is 10.4 Å². The summed E-state index contributed by atoms with van der Waals surface area (Å²) in [7, 11) is 0. The molecule has 1 heterocycles. The van der Waals surface area contributed by atoms with Crippen molar-refractivity contribution in [1.29, 1.82) is 0 Å². The number of rotatable bonds is 2. The van der Waals surface area contributed by atoms with Crippen LogP contribution < -0.4 is 5.73 Å². The Kier molecular flexibility index (Phi) is 3.69. The highest BCUT2D eigenvalue weighted by atomic mass is 16.5. The molecule has 0 aliphatic carbocycles. The fourth-order valence-electron chi connectivity index (χ4n) is 1.92. The number of nitrogen functional groups attached to an aromatic ring is 1. The van der Waals surface area contributed by atoms with Crippen molar-refractivity contribution < 1.29 is 19.7 Å². The maximum atomic E-state index is 12.2. The van der Waals surface area contributed by atoms with E-state index in [2.05, 4.69) is 0 Å². The molecule has 1 saturated heterocycles. The van der Waals surface area contributed by atoms with Gasteiger partial charge in [0.15, 0.2) is 5.75 Å². The quantitative estimate of drug-likeness (QED) is 0.500. The van der Waals surface area contributed by atoms with Crippen LogP contribution in [0.4, 0.5) is 5.69 Å². The maximum Gasteiger partial charge on any atom is 0.257 e. The van der Waals surface area contributed by atoms with Gasteiger partial charge in [-0.1, -0.05) is 6.07 Å². The van der Waals surface area contributed by atoms with Crippen LogP contribution in [-0.2, 0) is 4.74 Å². The molecule has 1 atom stereocenters. The molecular weight excluding hydrogens is 236 g/mol. The van der Waals surface area contributed by atoms with Gasteiger partial charge in [-0.05, 0) is 12.1 Å². The predicted molar refractivity (Wildman–Crippen MR) is 65.2 cm³/mol. The van der Waals surface area contributed by atoms with E-state index in [4.69, 9.17) is 15.6 Å². The summed E-state index contributed by atoms with van der Waals surface area (Å²) in [5, 5.41) is 18.8. The number of nitrogens with zero attached hydrogens (tertiary/aromatic N) is 1. The molecule has 0 aromatic heterocycles. The van der Waals surface area contributed by atoms with Crippen LogP contribution >= 0.6 is 0 Å². The molecule has 0 spiro atoms. The molecule has 1 amide bonds. The minimum absolute atomic E-state index is 0.132. The second kappa shape index (κ2) is 5.24. The zero-order valence-electron chi connectivity index (χ0n) is 9.87. The first kappa shape index (κ1) is 12.7. The summed E-state index contributed by atoms with van der Waals surface area (Å²) in [6.45, 7) is 0.986. The van der Waals surface area contributed by atoms with Gasteiger partial charge in [0.2, 0.25) is 0 Å². The second-order valence-corrected chi connectivity index (χ2v) is 4.17. The number of carbonyl (C=O) groups excluding carboxylic acids is 1. The van der Waals surface area contributed by atoms with Crippen molar-refractivity contribution in [2.24, 2.45) is 0 Å². The topological polar surface area (TPSA) is 96.0 Å². The van der Waals surface area contributed by atoms with Gasteiger partial charge in [0, 0.05) is 13.1 Å². The molecule has 0 radical (unpaired) electrons. The minimum Gasteiger partial charge on any atom is -0.505 e. The summed E-state index contributed by atoms with van der Waals surface area (Å²) in [4.78, 5) is 13.7. The molecule has 6 heteroatoms. The average molecular weight is 252 g/mol. The smallest absolute Gasteiger partial charge is 0.257 e.